The van der Waals surface area contributed by atoms with E-state index < -0.39 is 0 Å². The Bertz CT molecular complexity index is 511. The van der Waals surface area contributed by atoms with Gasteiger partial charge in [-0.25, -0.2) is 0 Å². The smallest absolute Gasteiger partial charge is 0.144 e. The highest BCUT2D eigenvalue weighted by molar-refractivity contribution is 5.78. The normalized spacial score (nSPS) is 29.7. The zero-order valence-corrected chi connectivity index (χ0v) is 12.5. The average Bonchev–Trinajstić information content (AvgIpc) is 2.49. The monoisotopic (exact) mass is 270 g/mol. The largest absolute Gasteiger partial charge is 0.366 e. The summed E-state index contributed by atoms with van der Waals surface area (Å²) in [6, 6.07) is 9.07. The molecular formula is C18H26N2. The number of allylic oxidation sites excluding steroid dienone is 1. The number of hydrogen-bond acceptors (Lipinski definition) is 2. The minimum atomic E-state index is 0. The molecule has 20 heavy (non-hydrogen) atoms. The van der Waals surface area contributed by atoms with E-state index >= 15 is 0 Å². The van der Waals surface area contributed by atoms with Gasteiger partial charge in [-0.15, -0.1) is 0 Å². The van der Waals surface area contributed by atoms with Crippen LogP contribution in [0.4, 0.5) is 0 Å². The molecular weight excluding hydrogens is 244 g/mol. The van der Waals surface area contributed by atoms with E-state index in [1.54, 1.807) is 0 Å². The summed E-state index contributed by atoms with van der Waals surface area (Å²) in [6.45, 7) is 4.43. The molecule has 108 valence electrons. The molecule has 1 heterocycles. The van der Waals surface area contributed by atoms with Gasteiger partial charge in [0.2, 0.25) is 0 Å². The van der Waals surface area contributed by atoms with E-state index in [0.29, 0.717) is 0 Å². The van der Waals surface area contributed by atoms with Crippen LogP contribution in [-0.4, -0.2) is 6.21 Å². The van der Waals surface area contributed by atoms with Crippen molar-refractivity contribution < 1.29 is 1.43 Å². The maximum Gasteiger partial charge on any atom is 0.144 e. The minimum absolute atomic E-state index is 0. The van der Waals surface area contributed by atoms with E-state index in [4.69, 9.17) is 0 Å². The summed E-state index contributed by atoms with van der Waals surface area (Å²) in [4.78, 5) is 4.53. The van der Waals surface area contributed by atoms with Crippen molar-refractivity contribution >= 4 is 6.21 Å². The Morgan fingerprint density at radius 2 is 1.70 bits per heavy atom. The second-order valence-electron chi connectivity index (χ2n) is 6.36. The zero-order chi connectivity index (χ0) is 13.9. The van der Waals surface area contributed by atoms with Crippen LogP contribution in [0.15, 0.2) is 41.0 Å². The predicted octanol–water partition coefficient (Wildman–Crippen LogP) is 4.80. The Morgan fingerprint density at radius 1 is 1.05 bits per heavy atom. The topological polar surface area (TPSA) is 24.4 Å². The molecule has 2 nitrogen and oxygen atoms in total. The van der Waals surface area contributed by atoms with E-state index in [9.17, 15) is 0 Å². The van der Waals surface area contributed by atoms with Crippen LogP contribution in [-0.2, 0) is 0 Å². The van der Waals surface area contributed by atoms with Crippen molar-refractivity contribution in [2.75, 3.05) is 0 Å². The highest BCUT2D eigenvalue weighted by Gasteiger charge is 2.20. The molecule has 1 N–H and O–H groups in total. The van der Waals surface area contributed by atoms with Gasteiger partial charge >= 0.3 is 0 Å². The van der Waals surface area contributed by atoms with Gasteiger partial charge in [-0.05, 0) is 48.3 Å². The third-order valence-corrected chi connectivity index (χ3v) is 4.64. The zero-order valence-electron chi connectivity index (χ0n) is 12.5. The Kier molecular flexibility index (Phi) is 3.90. The van der Waals surface area contributed by atoms with E-state index in [2.05, 4.69) is 48.4 Å². The number of nitrogens with one attached hydrogen (secondary N) is 1. The molecule has 1 aliphatic carbocycles. The first kappa shape index (κ1) is 13.4. The van der Waals surface area contributed by atoms with Gasteiger partial charge in [0.25, 0.3) is 0 Å². The Morgan fingerprint density at radius 3 is 2.30 bits per heavy atom. The number of aliphatic imine (C=N–C) groups is 1. The Balaban J connectivity index is 0.00000161. The molecule has 2 heteroatoms. The van der Waals surface area contributed by atoms with Crippen molar-refractivity contribution in [1.29, 1.82) is 0 Å². The fraction of sp³-hybridized carbons (Fsp3) is 0.500. The summed E-state index contributed by atoms with van der Waals surface area (Å²) in [5.41, 5.74) is 3.93. The van der Waals surface area contributed by atoms with Gasteiger partial charge in [-0.1, -0.05) is 44.0 Å². The number of rotatable bonds is 2. The van der Waals surface area contributed by atoms with Crippen LogP contribution >= 0.6 is 0 Å². The Labute approximate surface area is 123 Å². The van der Waals surface area contributed by atoms with Gasteiger partial charge in [0.1, 0.15) is 6.17 Å². The molecule has 1 aliphatic heterocycles. The molecule has 1 unspecified atom stereocenters. The molecule has 1 aromatic rings. The lowest BCUT2D eigenvalue weighted by Crippen LogP contribution is -2.18. The first-order valence-corrected chi connectivity index (χ1v) is 7.78. The SMILES string of the molecule is CC1=CNC(c2ccc(C3CCC(C)CC3)cc2)N=C1.[HH]. The van der Waals surface area contributed by atoms with Gasteiger partial charge in [0, 0.05) is 13.8 Å². The summed E-state index contributed by atoms with van der Waals surface area (Å²) >= 11 is 0. The third kappa shape index (κ3) is 2.95. The predicted molar refractivity (Wildman–Crippen MR) is 87.1 cm³/mol. The van der Waals surface area contributed by atoms with E-state index in [-0.39, 0.29) is 7.59 Å². The first-order chi connectivity index (χ1) is 9.72. The van der Waals surface area contributed by atoms with Crippen molar-refractivity contribution in [3.63, 3.8) is 0 Å². The molecule has 3 rings (SSSR count). The maximum atomic E-state index is 4.53. The van der Waals surface area contributed by atoms with Gasteiger partial charge in [0.15, 0.2) is 0 Å². The lowest BCUT2D eigenvalue weighted by molar-refractivity contribution is 0.348. The van der Waals surface area contributed by atoms with Crippen LogP contribution in [0.2, 0.25) is 0 Å². The summed E-state index contributed by atoms with van der Waals surface area (Å²) in [7, 11) is 0. The van der Waals surface area contributed by atoms with Crippen molar-refractivity contribution in [2.45, 2.75) is 51.6 Å². The molecule has 0 bridgehead atoms. The summed E-state index contributed by atoms with van der Waals surface area (Å²) < 4.78 is 0. The minimum Gasteiger partial charge on any atom is -0.366 e. The van der Waals surface area contributed by atoms with E-state index in [1.807, 2.05) is 12.4 Å². The first-order valence-electron chi connectivity index (χ1n) is 7.78. The average molecular weight is 270 g/mol. The van der Waals surface area contributed by atoms with E-state index in [0.717, 1.165) is 11.8 Å². The number of hydrogen-bond donors (Lipinski definition) is 1. The van der Waals surface area contributed by atoms with E-state index in [1.165, 1.54) is 42.4 Å². The molecule has 0 spiro atoms. The van der Waals surface area contributed by atoms with Crippen LogP contribution in [0.25, 0.3) is 0 Å². The summed E-state index contributed by atoms with van der Waals surface area (Å²) in [5.74, 6) is 1.69. The second-order valence-corrected chi connectivity index (χ2v) is 6.36. The quantitative estimate of drug-likeness (QED) is 0.820. The third-order valence-electron chi connectivity index (χ3n) is 4.64. The van der Waals surface area contributed by atoms with Gasteiger partial charge in [0.05, 0.1) is 0 Å². The van der Waals surface area contributed by atoms with Crippen molar-refractivity contribution in [1.82, 2.24) is 5.32 Å². The fourth-order valence-electron chi connectivity index (χ4n) is 3.21. The highest BCUT2D eigenvalue weighted by atomic mass is 15.1. The molecule has 1 saturated carbocycles. The van der Waals surface area contributed by atoms with Crippen LogP contribution in [0.5, 0.6) is 0 Å². The van der Waals surface area contributed by atoms with Crippen molar-refractivity contribution in [3.8, 4) is 0 Å². The van der Waals surface area contributed by atoms with Crippen LogP contribution in [0, 0.1) is 5.92 Å². The molecule has 0 radical (unpaired) electrons. The fourth-order valence-corrected chi connectivity index (χ4v) is 3.21. The molecule has 2 aliphatic rings. The Hall–Kier alpha value is -1.57. The second kappa shape index (κ2) is 5.82. The maximum absolute atomic E-state index is 4.53. The summed E-state index contributed by atoms with van der Waals surface area (Å²) in [5, 5.41) is 3.33. The highest BCUT2D eigenvalue weighted by Crippen LogP contribution is 2.35. The van der Waals surface area contributed by atoms with Crippen LogP contribution in [0.1, 0.15) is 64.2 Å². The molecule has 1 aromatic carbocycles. The lowest BCUT2D eigenvalue weighted by atomic mass is 9.79. The summed E-state index contributed by atoms with van der Waals surface area (Å²) in [6.07, 6.45) is 9.52. The van der Waals surface area contributed by atoms with Gasteiger partial charge < -0.3 is 5.32 Å². The van der Waals surface area contributed by atoms with Crippen molar-refractivity contribution in [3.05, 3.63) is 47.2 Å². The lowest BCUT2D eigenvalue weighted by Gasteiger charge is -2.27. The molecule has 1 fully saturated rings. The number of nitrogens with zero attached hydrogens (tertiary/aromatic N) is 1. The molecule has 0 aromatic heterocycles. The molecule has 1 atom stereocenters. The molecule has 0 saturated heterocycles. The van der Waals surface area contributed by atoms with Gasteiger partial charge in [-0.2, -0.15) is 0 Å². The number of benzene rings is 1. The molecule has 0 amide bonds. The van der Waals surface area contributed by atoms with Crippen molar-refractivity contribution in [2.24, 2.45) is 10.9 Å². The van der Waals surface area contributed by atoms with Gasteiger partial charge in [-0.3, -0.25) is 4.99 Å². The van der Waals surface area contributed by atoms with Crippen LogP contribution < -0.4 is 5.32 Å². The standard InChI is InChI=1S/C18H24N2.H2/c1-13-3-5-15(6-4-13)16-7-9-17(10-8-16)18-19-11-14(2)12-20-18;/h7-13,15,18-19H,3-6H2,1-2H3;1H. The van der Waals surface area contributed by atoms with Crippen LogP contribution in [0.3, 0.4) is 0 Å².